The summed E-state index contributed by atoms with van der Waals surface area (Å²) in [4.78, 5) is 22.9. The van der Waals surface area contributed by atoms with Crippen LogP contribution in [-0.4, -0.2) is 23.1 Å². The number of hydrogen-bond donors (Lipinski definition) is 3. The molecule has 1 aromatic rings. The van der Waals surface area contributed by atoms with E-state index < -0.39 is 23.5 Å². The summed E-state index contributed by atoms with van der Waals surface area (Å²) < 4.78 is 0. The standard InChI is InChI=1S/C14H19ClN2O3/c1-14(2,3)11(12(18)19)17-13(20)16-8-9-4-6-10(15)7-5-9/h4-7,11H,8H2,1-3H3,(H,18,19)(H2,16,17,20). The highest BCUT2D eigenvalue weighted by Crippen LogP contribution is 2.19. The SMILES string of the molecule is CC(C)(C)C(NC(=O)NCc1ccc(Cl)cc1)C(=O)O. The number of carbonyl (C=O) groups excluding carboxylic acids is 1. The monoisotopic (exact) mass is 298 g/mol. The summed E-state index contributed by atoms with van der Waals surface area (Å²) in [5.74, 6) is -1.06. The maximum Gasteiger partial charge on any atom is 0.326 e. The molecule has 0 radical (unpaired) electrons. The minimum atomic E-state index is -1.06. The number of carboxylic acids is 1. The summed E-state index contributed by atoms with van der Waals surface area (Å²) in [5, 5.41) is 14.8. The van der Waals surface area contributed by atoms with Gasteiger partial charge >= 0.3 is 12.0 Å². The first-order chi connectivity index (χ1) is 9.20. The summed E-state index contributed by atoms with van der Waals surface area (Å²) in [6.45, 7) is 5.57. The maximum absolute atomic E-state index is 11.7. The third-order valence-electron chi connectivity index (χ3n) is 2.75. The van der Waals surface area contributed by atoms with Crippen molar-refractivity contribution in [1.82, 2.24) is 10.6 Å². The van der Waals surface area contributed by atoms with Gasteiger partial charge in [-0.15, -0.1) is 0 Å². The number of rotatable bonds is 4. The Bertz CT molecular complexity index is 480. The molecule has 5 nitrogen and oxygen atoms in total. The van der Waals surface area contributed by atoms with Crippen molar-refractivity contribution in [3.05, 3.63) is 34.9 Å². The Balaban J connectivity index is 2.54. The molecule has 0 fully saturated rings. The van der Waals surface area contributed by atoms with E-state index in [1.807, 2.05) is 0 Å². The Labute approximate surface area is 123 Å². The van der Waals surface area contributed by atoms with Crippen molar-refractivity contribution in [1.29, 1.82) is 0 Å². The van der Waals surface area contributed by atoms with Crippen LogP contribution in [0, 0.1) is 5.41 Å². The predicted molar refractivity (Wildman–Crippen MR) is 77.7 cm³/mol. The molecule has 0 aromatic heterocycles. The Kier molecular flexibility index (Phi) is 5.39. The molecule has 0 saturated carbocycles. The molecule has 3 N–H and O–H groups in total. The number of amides is 2. The molecule has 1 aromatic carbocycles. The minimum Gasteiger partial charge on any atom is -0.480 e. The second kappa shape index (κ2) is 6.61. The van der Waals surface area contributed by atoms with Gasteiger partial charge in [-0.25, -0.2) is 9.59 Å². The zero-order valence-electron chi connectivity index (χ0n) is 11.7. The van der Waals surface area contributed by atoms with Crippen molar-refractivity contribution in [3.63, 3.8) is 0 Å². The zero-order valence-corrected chi connectivity index (χ0v) is 12.5. The summed E-state index contributed by atoms with van der Waals surface area (Å²) in [6, 6.07) is 5.58. The minimum absolute atomic E-state index is 0.305. The molecule has 0 aliphatic rings. The van der Waals surface area contributed by atoms with Crippen molar-refractivity contribution >= 4 is 23.6 Å². The third-order valence-corrected chi connectivity index (χ3v) is 3.01. The Hall–Kier alpha value is -1.75. The quantitative estimate of drug-likeness (QED) is 0.799. The van der Waals surface area contributed by atoms with Gasteiger partial charge < -0.3 is 15.7 Å². The van der Waals surface area contributed by atoms with Crippen molar-refractivity contribution in [3.8, 4) is 0 Å². The van der Waals surface area contributed by atoms with Crippen molar-refractivity contribution in [2.24, 2.45) is 5.41 Å². The second-order valence-electron chi connectivity index (χ2n) is 5.59. The summed E-state index contributed by atoms with van der Waals surface area (Å²) >= 11 is 5.76. The fourth-order valence-electron chi connectivity index (χ4n) is 1.62. The van der Waals surface area contributed by atoms with Crippen LogP contribution < -0.4 is 10.6 Å². The van der Waals surface area contributed by atoms with Crippen LogP contribution in [-0.2, 0) is 11.3 Å². The average Bonchev–Trinajstić information content (AvgIpc) is 2.33. The lowest BCUT2D eigenvalue weighted by Crippen LogP contribution is -2.52. The molecule has 0 aliphatic carbocycles. The van der Waals surface area contributed by atoms with E-state index >= 15 is 0 Å². The Morgan fingerprint density at radius 2 is 1.80 bits per heavy atom. The van der Waals surface area contributed by atoms with Crippen LogP contribution in [0.5, 0.6) is 0 Å². The zero-order chi connectivity index (χ0) is 15.3. The molecule has 0 aliphatic heterocycles. The first-order valence-corrected chi connectivity index (χ1v) is 6.59. The molecular weight excluding hydrogens is 280 g/mol. The second-order valence-corrected chi connectivity index (χ2v) is 6.03. The van der Waals surface area contributed by atoms with Gasteiger partial charge in [-0.1, -0.05) is 44.5 Å². The molecule has 2 amide bonds. The smallest absolute Gasteiger partial charge is 0.326 e. The number of hydrogen-bond acceptors (Lipinski definition) is 2. The highest BCUT2D eigenvalue weighted by atomic mass is 35.5. The van der Waals surface area contributed by atoms with E-state index in [0.717, 1.165) is 5.56 Å². The topological polar surface area (TPSA) is 78.4 Å². The van der Waals surface area contributed by atoms with Gasteiger partial charge in [0.25, 0.3) is 0 Å². The number of nitrogens with one attached hydrogen (secondary N) is 2. The van der Waals surface area contributed by atoms with Crippen LogP contribution in [0.4, 0.5) is 4.79 Å². The average molecular weight is 299 g/mol. The van der Waals surface area contributed by atoms with Crippen LogP contribution in [0.3, 0.4) is 0 Å². The van der Waals surface area contributed by atoms with E-state index in [-0.39, 0.29) is 0 Å². The van der Waals surface area contributed by atoms with Crippen LogP contribution in [0.1, 0.15) is 26.3 Å². The number of benzene rings is 1. The summed E-state index contributed by atoms with van der Waals surface area (Å²) in [6.07, 6.45) is 0. The van der Waals surface area contributed by atoms with E-state index in [9.17, 15) is 9.59 Å². The molecule has 1 rings (SSSR count). The van der Waals surface area contributed by atoms with Crippen LogP contribution in [0.2, 0.25) is 5.02 Å². The molecule has 0 spiro atoms. The third kappa shape index (κ3) is 5.09. The van der Waals surface area contributed by atoms with E-state index in [4.69, 9.17) is 16.7 Å². The van der Waals surface area contributed by atoms with Gasteiger partial charge in [-0.05, 0) is 23.1 Å². The fraction of sp³-hybridized carbons (Fsp3) is 0.429. The van der Waals surface area contributed by atoms with Crippen molar-refractivity contribution in [2.45, 2.75) is 33.4 Å². The van der Waals surface area contributed by atoms with Gasteiger partial charge in [0.1, 0.15) is 6.04 Å². The van der Waals surface area contributed by atoms with Gasteiger partial charge in [0.05, 0.1) is 0 Å². The molecule has 0 heterocycles. The summed E-state index contributed by atoms with van der Waals surface area (Å²) in [5.41, 5.74) is 0.316. The molecule has 110 valence electrons. The van der Waals surface area contributed by atoms with Crippen LogP contribution >= 0.6 is 11.6 Å². The fourth-order valence-corrected chi connectivity index (χ4v) is 1.74. The molecule has 20 heavy (non-hydrogen) atoms. The lowest BCUT2D eigenvalue weighted by atomic mass is 9.87. The van der Waals surface area contributed by atoms with Gasteiger partial charge in [0.15, 0.2) is 0 Å². The van der Waals surface area contributed by atoms with Gasteiger partial charge in [0.2, 0.25) is 0 Å². The normalized spacial score (nSPS) is 12.6. The molecule has 1 unspecified atom stereocenters. The van der Waals surface area contributed by atoms with Gasteiger partial charge in [-0.2, -0.15) is 0 Å². The van der Waals surface area contributed by atoms with Crippen LogP contribution in [0.25, 0.3) is 0 Å². The molecule has 0 bridgehead atoms. The predicted octanol–water partition coefficient (Wildman–Crippen LogP) is 2.64. The van der Waals surface area contributed by atoms with Crippen LogP contribution in [0.15, 0.2) is 24.3 Å². The number of aliphatic carboxylic acids is 1. The molecular formula is C14H19ClN2O3. The molecule has 6 heteroatoms. The highest BCUT2D eigenvalue weighted by molar-refractivity contribution is 6.30. The largest absolute Gasteiger partial charge is 0.480 e. The van der Waals surface area contributed by atoms with Crippen molar-refractivity contribution < 1.29 is 14.7 Å². The summed E-state index contributed by atoms with van der Waals surface area (Å²) in [7, 11) is 0. The lowest BCUT2D eigenvalue weighted by Gasteiger charge is -2.27. The van der Waals surface area contributed by atoms with E-state index in [1.165, 1.54) is 0 Å². The first kappa shape index (κ1) is 16.3. The molecule has 1 atom stereocenters. The maximum atomic E-state index is 11.7. The first-order valence-electron chi connectivity index (χ1n) is 6.22. The molecule has 0 saturated heterocycles. The number of urea groups is 1. The van der Waals surface area contributed by atoms with Gasteiger partial charge in [0, 0.05) is 11.6 Å². The highest BCUT2D eigenvalue weighted by Gasteiger charge is 2.32. The Morgan fingerprint density at radius 3 is 2.25 bits per heavy atom. The number of carboxylic acid groups (broad SMARTS) is 1. The van der Waals surface area contributed by atoms with Crippen molar-refractivity contribution in [2.75, 3.05) is 0 Å². The number of carbonyl (C=O) groups is 2. The van der Waals surface area contributed by atoms with Gasteiger partial charge in [-0.3, -0.25) is 0 Å². The lowest BCUT2D eigenvalue weighted by molar-refractivity contribution is -0.141. The van der Waals surface area contributed by atoms with E-state index in [0.29, 0.717) is 11.6 Å². The number of halogens is 1. The van der Waals surface area contributed by atoms with E-state index in [1.54, 1.807) is 45.0 Å². The Morgan fingerprint density at radius 1 is 1.25 bits per heavy atom. The van der Waals surface area contributed by atoms with E-state index in [2.05, 4.69) is 10.6 Å².